The highest BCUT2D eigenvalue weighted by atomic mass is 32.2. The van der Waals surface area contributed by atoms with Crippen LogP contribution < -0.4 is 10.2 Å². The maximum absolute atomic E-state index is 12.2. The number of H-pyrrole nitrogens is 1. The zero-order chi connectivity index (χ0) is 18.4. The highest BCUT2D eigenvalue weighted by Crippen LogP contribution is 2.21. The Balaban J connectivity index is 1.62. The van der Waals surface area contributed by atoms with Crippen LogP contribution in [0.5, 0.6) is 5.75 Å². The molecule has 0 atom stereocenters. The van der Waals surface area contributed by atoms with Gasteiger partial charge < -0.3 is 4.74 Å². The lowest BCUT2D eigenvalue weighted by Gasteiger charge is -2.00. The molecule has 0 saturated heterocycles. The number of nitrogens with zero attached hydrogens (tertiary/aromatic N) is 2. The van der Waals surface area contributed by atoms with Crippen molar-refractivity contribution >= 4 is 23.9 Å². The van der Waals surface area contributed by atoms with E-state index in [2.05, 4.69) is 20.7 Å². The number of rotatable bonds is 6. The third-order valence-electron chi connectivity index (χ3n) is 3.70. The molecule has 1 heterocycles. The molecule has 1 amide bonds. The summed E-state index contributed by atoms with van der Waals surface area (Å²) in [7, 11) is 1.61. The molecular weight excluding hydrogens is 348 g/mol. The number of benzene rings is 2. The first-order valence-electron chi connectivity index (χ1n) is 7.87. The maximum Gasteiger partial charge on any atom is 0.289 e. The van der Waals surface area contributed by atoms with Gasteiger partial charge in [0.25, 0.3) is 5.91 Å². The molecule has 0 saturated carbocycles. The Morgan fingerprint density at radius 1 is 1.19 bits per heavy atom. The summed E-state index contributed by atoms with van der Waals surface area (Å²) in [6.45, 7) is 0. The van der Waals surface area contributed by atoms with Crippen molar-refractivity contribution < 1.29 is 9.53 Å². The van der Waals surface area contributed by atoms with Gasteiger partial charge in [0.2, 0.25) is 0 Å². The van der Waals surface area contributed by atoms with Crippen LogP contribution in [0.3, 0.4) is 0 Å². The van der Waals surface area contributed by atoms with E-state index < -0.39 is 0 Å². The largest absolute Gasteiger partial charge is 0.497 e. The van der Waals surface area contributed by atoms with Gasteiger partial charge in [-0.1, -0.05) is 12.1 Å². The van der Waals surface area contributed by atoms with Gasteiger partial charge in [0, 0.05) is 10.5 Å². The quantitative estimate of drug-likeness (QED) is 0.397. The average Bonchev–Trinajstić information content (AvgIpc) is 3.19. The third-order valence-corrected chi connectivity index (χ3v) is 4.45. The molecule has 0 aliphatic rings. The van der Waals surface area contributed by atoms with Gasteiger partial charge >= 0.3 is 0 Å². The van der Waals surface area contributed by atoms with E-state index in [1.807, 2.05) is 54.8 Å². The number of hydrogen-bond acceptors (Lipinski definition) is 5. The van der Waals surface area contributed by atoms with E-state index in [0.717, 1.165) is 16.9 Å². The van der Waals surface area contributed by atoms with Gasteiger partial charge in [0.1, 0.15) is 11.4 Å². The predicted octanol–water partition coefficient (Wildman–Crippen LogP) is 3.57. The molecule has 0 aliphatic carbocycles. The number of carbonyl (C=O) groups excluding carboxylic acids is 1. The molecular formula is C19H18N4O2S. The molecule has 3 rings (SSSR count). The van der Waals surface area contributed by atoms with Gasteiger partial charge in [-0.3, -0.25) is 9.89 Å². The van der Waals surface area contributed by atoms with Crippen molar-refractivity contribution in [2.24, 2.45) is 5.10 Å². The molecule has 132 valence electrons. The van der Waals surface area contributed by atoms with E-state index in [4.69, 9.17) is 4.74 Å². The lowest BCUT2D eigenvalue weighted by Crippen LogP contribution is -2.17. The van der Waals surface area contributed by atoms with Crippen molar-refractivity contribution in [3.05, 3.63) is 65.9 Å². The van der Waals surface area contributed by atoms with Gasteiger partial charge in [0.15, 0.2) is 0 Å². The van der Waals surface area contributed by atoms with Gasteiger partial charge in [-0.25, -0.2) is 5.43 Å². The van der Waals surface area contributed by atoms with Gasteiger partial charge in [0.05, 0.1) is 19.0 Å². The average molecular weight is 366 g/mol. The summed E-state index contributed by atoms with van der Waals surface area (Å²) in [5.74, 6) is 0.413. The van der Waals surface area contributed by atoms with E-state index in [-0.39, 0.29) is 5.91 Å². The zero-order valence-electron chi connectivity index (χ0n) is 14.4. The minimum atomic E-state index is -0.353. The first kappa shape index (κ1) is 17.8. The van der Waals surface area contributed by atoms with Gasteiger partial charge in [-0.05, 0) is 54.3 Å². The van der Waals surface area contributed by atoms with E-state index in [9.17, 15) is 4.79 Å². The lowest BCUT2D eigenvalue weighted by molar-refractivity contribution is 0.0950. The van der Waals surface area contributed by atoms with Crippen LogP contribution in [0.25, 0.3) is 11.3 Å². The van der Waals surface area contributed by atoms with Crippen LogP contribution >= 0.6 is 11.8 Å². The summed E-state index contributed by atoms with van der Waals surface area (Å²) >= 11 is 1.67. The molecule has 0 bridgehead atoms. The van der Waals surface area contributed by atoms with Crippen LogP contribution in [-0.2, 0) is 0 Å². The Hall–Kier alpha value is -3.06. The van der Waals surface area contributed by atoms with Gasteiger partial charge in [-0.15, -0.1) is 11.8 Å². The number of hydrazone groups is 1. The van der Waals surface area contributed by atoms with Crippen molar-refractivity contribution in [1.29, 1.82) is 0 Å². The van der Waals surface area contributed by atoms with Crippen molar-refractivity contribution in [3.63, 3.8) is 0 Å². The Kier molecular flexibility index (Phi) is 5.70. The topological polar surface area (TPSA) is 79.4 Å². The Bertz CT molecular complexity index is 902. The smallest absolute Gasteiger partial charge is 0.289 e. The lowest BCUT2D eigenvalue weighted by atomic mass is 10.1. The van der Waals surface area contributed by atoms with E-state index in [1.54, 1.807) is 31.2 Å². The molecule has 26 heavy (non-hydrogen) atoms. The number of nitrogens with one attached hydrogen (secondary N) is 2. The van der Waals surface area contributed by atoms with Crippen LogP contribution in [0, 0.1) is 0 Å². The van der Waals surface area contributed by atoms with E-state index in [0.29, 0.717) is 11.4 Å². The summed E-state index contributed by atoms with van der Waals surface area (Å²) < 4.78 is 5.13. The number of thioether (sulfide) groups is 1. The number of aromatic nitrogens is 2. The van der Waals surface area contributed by atoms with Crippen molar-refractivity contribution in [2.45, 2.75) is 4.90 Å². The second-order valence-electron chi connectivity index (χ2n) is 5.37. The van der Waals surface area contributed by atoms with E-state index in [1.165, 1.54) is 4.90 Å². The Labute approximate surface area is 155 Å². The van der Waals surface area contributed by atoms with Crippen LogP contribution in [-0.4, -0.2) is 35.7 Å². The number of hydrogen-bond donors (Lipinski definition) is 2. The molecule has 0 fully saturated rings. The van der Waals surface area contributed by atoms with Crippen molar-refractivity contribution in [3.8, 4) is 17.0 Å². The Morgan fingerprint density at radius 3 is 2.58 bits per heavy atom. The number of aromatic amines is 1. The molecule has 0 unspecified atom stereocenters. The fraction of sp³-hybridized carbons (Fsp3) is 0.105. The predicted molar refractivity (Wildman–Crippen MR) is 104 cm³/mol. The number of ether oxygens (including phenoxy) is 1. The Morgan fingerprint density at radius 2 is 1.92 bits per heavy atom. The summed E-state index contributed by atoms with van der Waals surface area (Å²) in [6, 6.07) is 17.0. The molecule has 0 radical (unpaired) electrons. The van der Waals surface area contributed by atoms with Crippen LogP contribution in [0.2, 0.25) is 0 Å². The summed E-state index contributed by atoms with van der Waals surface area (Å²) in [6.07, 6.45) is 3.62. The summed E-state index contributed by atoms with van der Waals surface area (Å²) in [5.41, 5.74) is 5.30. The summed E-state index contributed by atoms with van der Waals surface area (Å²) in [4.78, 5) is 13.3. The van der Waals surface area contributed by atoms with Crippen molar-refractivity contribution in [2.75, 3.05) is 13.4 Å². The molecule has 7 heteroatoms. The monoisotopic (exact) mass is 366 g/mol. The fourth-order valence-corrected chi connectivity index (χ4v) is 2.67. The van der Waals surface area contributed by atoms with E-state index >= 15 is 0 Å². The normalized spacial score (nSPS) is 10.8. The minimum Gasteiger partial charge on any atom is -0.497 e. The third kappa shape index (κ3) is 4.31. The standard InChI is InChI=1S/C19H18N4O2S/c1-25-15-7-5-14(6-8-15)17-11-18(22-21-17)19(24)23-20-12-13-3-9-16(26-2)10-4-13/h3-12H,1-2H3,(H,21,22)(H,23,24)/b20-12+. The van der Waals surface area contributed by atoms with Crippen molar-refractivity contribution in [1.82, 2.24) is 15.6 Å². The molecule has 0 aliphatic heterocycles. The first-order chi connectivity index (χ1) is 12.7. The molecule has 3 aromatic rings. The number of amides is 1. The SMILES string of the molecule is COc1ccc(-c2cc(C(=O)N/N=C/c3ccc(SC)cc3)[nH]n2)cc1. The maximum atomic E-state index is 12.2. The molecule has 1 aromatic heterocycles. The van der Waals surface area contributed by atoms with Crippen LogP contribution in [0.4, 0.5) is 0 Å². The second kappa shape index (κ2) is 8.35. The number of carbonyl (C=O) groups is 1. The van der Waals surface area contributed by atoms with Crippen LogP contribution in [0.1, 0.15) is 16.1 Å². The minimum absolute atomic E-state index is 0.339. The molecule has 2 aromatic carbocycles. The first-order valence-corrected chi connectivity index (χ1v) is 9.09. The molecule has 6 nitrogen and oxygen atoms in total. The van der Waals surface area contributed by atoms with Crippen LogP contribution in [0.15, 0.2) is 64.6 Å². The molecule has 0 spiro atoms. The fourth-order valence-electron chi connectivity index (χ4n) is 2.26. The zero-order valence-corrected chi connectivity index (χ0v) is 15.2. The highest BCUT2D eigenvalue weighted by Gasteiger charge is 2.10. The second-order valence-corrected chi connectivity index (χ2v) is 6.25. The van der Waals surface area contributed by atoms with Gasteiger partial charge in [-0.2, -0.15) is 10.2 Å². The number of methoxy groups -OCH3 is 1. The molecule has 2 N–H and O–H groups in total. The highest BCUT2D eigenvalue weighted by molar-refractivity contribution is 7.98. The summed E-state index contributed by atoms with van der Waals surface area (Å²) in [5, 5.41) is 10.9.